The molecule has 0 fully saturated rings. The van der Waals surface area contributed by atoms with Crippen LogP contribution in [-0.2, 0) is 16.0 Å². The molecule has 0 N–H and O–H groups in total. The number of hydrogen-bond acceptors (Lipinski definition) is 2. The van der Waals surface area contributed by atoms with Gasteiger partial charge in [0.15, 0.2) is 0 Å². The number of rotatable bonds is 4. The average molecular weight is 218 g/mol. The fraction of sp³-hybridized carbons (Fsp3) is 0.357. The average Bonchev–Trinajstić information content (AvgIpc) is 2.35. The van der Waals surface area contributed by atoms with Crippen LogP contribution in [0.25, 0.3) is 0 Å². The van der Waals surface area contributed by atoms with Crippen molar-refractivity contribution in [2.24, 2.45) is 0 Å². The van der Waals surface area contributed by atoms with Crippen molar-refractivity contribution in [3.8, 4) is 0 Å². The molecule has 0 bridgehead atoms. The molecule has 0 aromatic heterocycles. The van der Waals surface area contributed by atoms with Gasteiger partial charge in [0.05, 0.1) is 7.11 Å². The van der Waals surface area contributed by atoms with Crippen molar-refractivity contribution in [1.82, 2.24) is 0 Å². The molecule has 16 heavy (non-hydrogen) atoms. The Bertz CT molecular complexity index is 377. The molecule has 0 unspecified atom stereocenters. The highest BCUT2D eigenvalue weighted by Crippen LogP contribution is 2.16. The summed E-state index contributed by atoms with van der Waals surface area (Å²) in [6, 6.07) is 10.2. The van der Waals surface area contributed by atoms with Gasteiger partial charge in [-0.05, 0) is 25.3 Å². The largest absolute Gasteiger partial charge is 0.466 e. The van der Waals surface area contributed by atoms with Gasteiger partial charge in [-0.3, -0.25) is 0 Å². The second kappa shape index (κ2) is 6.11. The Morgan fingerprint density at radius 3 is 2.38 bits per heavy atom. The maximum atomic E-state index is 11.4. The highest BCUT2D eigenvalue weighted by Gasteiger charge is 2.09. The minimum Gasteiger partial charge on any atom is -0.466 e. The third-order valence-electron chi connectivity index (χ3n) is 2.71. The number of hydrogen-bond donors (Lipinski definition) is 0. The van der Waals surface area contributed by atoms with E-state index in [0.717, 1.165) is 24.0 Å². The molecule has 0 aliphatic rings. The number of allylic oxidation sites excluding steroid dienone is 1. The lowest BCUT2D eigenvalue weighted by Crippen LogP contribution is -2.06. The molecular weight excluding hydrogens is 200 g/mol. The highest BCUT2D eigenvalue weighted by molar-refractivity contribution is 5.88. The zero-order chi connectivity index (χ0) is 12.0. The summed E-state index contributed by atoms with van der Waals surface area (Å²) in [5, 5.41) is 0. The van der Waals surface area contributed by atoms with Gasteiger partial charge in [0.1, 0.15) is 0 Å². The molecule has 1 aromatic carbocycles. The van der Waals surface area contributed by atoms with Crippen LogP contribution in [-0.4, -0.2) is 13.1 Å². The second-order valence-corrected chi connectivity index (χ2v) is 3.74. The third kappa shape index (κ3) is 3.23. The number of benzene rings is 1. The summed E-state index contributed by atoms with van der Waals surface area (Å²) < 4.78 is 4.74. The van der Waals surface area contributed by atoms with Crippen LogP contribution in [0.15, 0.2) is 41.5 Å². The molecule has 2 nitrogen and oxygen atoms in total. The van der Waals surface area contributed by atoms with E-state index < -0.39 is 0 Å². The molecule has 0 aliphatic carbocycles. The molecule has 0 saturated heterocycles. The molecule has 0 amide bonds. The molecule has 0 radical (unpaired) electrons. The minimum absolute atomic E-state index is 0.229. The van der Waals surface area contributed by atoms with E-state index in [2.05, 4.69) is 19.1 Å². The fourth-order valence-corrected chi connectivity index (χ4v) is 1.66. The summed E-state index contributed by atoms with van der Waals surface area (Å²) in [7, 11) is 1.42. The summed E-state index contributed by atoms with van der Waals surface area (Å²) in [4.78, 5) is 11.4. The van der Waals surface area contributed by atoms with Crippen molar-refractivity contribution in [1.29, 1.82) is 0 Å². The second-order valence-electron chi connectivity index (χ2n) is 3.74. The van der Waals surface area contributed by atoms with Crippen LogP contribution in [0.5, 0.6) is 0 Å². The van der Waals surface area contributed by atoms with Crippen LogP contribution in [0.4, 0.5) is 0 Å². The standard InChI is InChI=1S/C14H18O2/c1-4-13(11(2)14(15)16-3)10-12-8-6-5-7-9-12/h5-9H,4,10H2,1-3H3. The Hall–Kier alpha value is -1.57. The van der Waals surface area contributed by atoms with Crippen LogP contribution < -0.4 is 0 Å². The van der Waals surface area contributed by atoms with Crippen LogP contribution in [0, 0.1) is 0 Å². The summed E-state index contributed by atoms with van der Waals surface area (Å²) in [5.41, 5.74) is 3.09. The Labute approximate surface area is 96.9 Å². The first-order chi connectivity index (χ1) is 7.69. The third-order valence-corrected chi connectivity index (χ3v) is 2.71. The molecule has 0 atom stereocenters. The SMILES string of the molecule is CCC(Cc1ccccc1)=C(C)C(=O)OC. The normalized spacial score (nSPS) is 11.9. The summed E-state index contributed by atoms with van der Waals surface area (Å²) >= 11 is 0. The van der Waals surface area contributed by atoms with Crippen molar-refractivity contribution >= 4 is 5.97 Å². The molecule has 2 heteroatoms. The van der Waals surface area contributed by atoms with Gasteiger partial charge in [0.2, 0.25) is 0 Å². The maximum Gasteiger partial charge on any atom is 0.333 e. The molecular formula is C14H18O2. The topological polar surface area (TPSA) is 26.3 Å². The minimum atomic E-state index is -0.229. The van der Waals surface area contributed by atoms with Gasteiger partial charge in [-0.2, -0.15) is 0 Å². The van der Waals surface area contributed by atoms with E-state index in [1.54, 1.807) is 0 Å². The first-order valence-corrected chi connectivity index (χ1v) is 5.49. The van der Waals surface area contributed by atoms with E-state index in [-0.39, 0.29) is 5.97 Å². The lowest BCUT2D eigenvalue weighted by molar-refractivity contribution is -0.136. The molecule has 1 aromatic rings. The molecule has 0 saturated carbocycles. The van der Waals surface area contributed by atoms with Gasteiger partial charge in [0.25, 0.3) is 0 Å². The van der Waals surface area contributed by atoms with E-state index in [1.807, 2.05) is 25.1 Å². The van der Waals surface area contributed by atoms with Crippen molar-refractivity contribution in [2.45, 2.75) is 26.7 Å². The summed E-state index contributed by atoms with van der Waals surface area (Å²) in [5.74, 6) is -0.229. The van der Waals surface area contributed by atoms with Crippen LogP contribution in [0.3, 0.4) is 0 Å². The van der Waals surface area contributed by atoms with Crippen LogP contribution in [0.1, 0.15) is 25.8 Å². The smallest absolute Gasteiger partial charge is 0.333 e. The number of methoxy groups -OCH3 is 1. The van der Waals surface area contributed by atoms with Gasteiger partial charge in [-0.15, -0.1) is 0 Å². The Kier molecular flexibility index (Phi) is 4.77. The maximum absolute atomic E-state index is 11.4. The summed E-state index contributed by atoms with van der Waals surface area (Å²) in [6.45, 7) is 3.89. The lowest BCUT2D eigenvalue weighted by atomic mass is 9.99. The summed E-state index contributed by atoms with van der Waals surface area (Å²) in [6.07, 6.45) is 1.69. The molecule has 86 valence electrons. The van der Waals surface area contributed by atoms with E-state index >= 15 is 0 Å². The number of carbonyl (C=O) groups is 1. The van der Waals surface area contributed by atoms with Gasteiger partial charge in [0, 0.05) is 5.57 Å². The van der Waals surface area contributed by atoms with E-state index in [9.17, 15) is 4.79 Å². The molecule has 0 aliphatic heterocycles. The van der Waals surface area contributed by atoms with Crippen molar-refractivity contribution in [3.05, 3.63) is 47.0 Å². The number of ether oxygens (including phenoxy) is 1. The Morgan fingerprint density at radius 2 is 1.88 bits per heavy atom. The first-order valence-electron chi connectivity index (χ1n) is 5.49. The zero-order valence-corrected chi connectivity index (χ0v) is 10.1. The van der Waals surface area contributed by atoms with E-state index in [0.29, 0.717) is 0 Å². The Morgan fingerprint density at radius 1 is 1.25 bits per heavy atom. The quantitative estimate of drug-likeness (QED) is 0.573. The fourth-order valence-electron chi connectivity index (χ4n) is 1.66. The van der Waals surface area contributed by atoms with Gasteiger partial charge in [-0.25, -0.2) is 4.79 Å². The van der Waals surface area contributed by atoms with Crippen molar-refractivity contribution in [2.75, 3.05) is 7.11 Å². The van der Waals surface area contributed by atoms with Crippen molar-refractivity contribution < 1.29 is 9.53 Å². The molecule has 0 heterocycles. The van der Waals surface area contributed by atoms with Gasteiger partial charge in [-0.1, -0.05) is 42.8 Å². The van der Waals surface area contributed by atoms with E-state index in [1.165, 1.54) is 12.7 Å². The molecule has 1 rings (SSSR count). The first kappa shape index (κ1) is 12.5. The number of esters is 1. The monoisotopic (exact) mass is 218 g/mol. The van der Waals surface area contributed by atoms with Crippen LogP contribution in [0.2, 0.25) is 0 Å². The predicted molar refractivity (Wildman–Crippen MR) is 65.2 cm³/mol. The zero-order valence-electron chi connectivity index (χ0n) is 10.1. The number of carbonyl (C=O) groups excluding carboxylic acids is 1. The van der Waals surface area contributed by atoms with Crippen LogP contribution >= 0.6 is 0 Å². The Balaban J connectivity index is 2.88. The van der Waals surface area contributed by atoms with Gasteiger partial charge >= 0.3 is 5.97 Å². The lowest BCUT2D eigenvalue weighted by Gasteiger charge is -2.09. The highest BCUT2D eigenvalue weighted by atomic mass is 16.5. The van der Waals surface area contributed by atoms with Gasteiger partial charge < -0.3 is 4.74 Å². The molecule has 0 spiro atoms. The predicted octanol–water partition coefficient (Wildman–Crippen LogP) is 3.13. The van der Waals surface area contributed by atoms with Crippen molar-refractivity contribution in [3.63, 3.8) is 0 Å². The van der Waals surface area contributed by atoms with E-state index in [4.69, 9.17) is 4.74 Å².